The molecule has 0 bridgehead atoms. The smallest absolute Gasteiger partial charge is 0.229 e. The molecule has 0 radical (unpaired) electrons. The molecule has 0 aliphatic carbocycles. The second kappa shape index (κ2) is 9.57. The molecule has 1 N–H and O–H groups in total. The quantitative estimate of drug-likeness (QED) is 0.529. The highest BCUT2D eigenvalue weighted by Gasteiger charge is 2.14. The lowest BCUT2D eigenvalue weighted by Gasteiger charge is -2.20. The molecule has 4 rings (SSSR count). The van der Waals surface area contributed by atoms with Gasteiger partial charge in [-0.15, -0.1) is 0 Å². The highest BCUT2D eigenvalue weighted by atomic mass is 16.5. The van der Waals surface area contributed by atoms with Crippen molar-refractivity contribution < 1.29 is 4.74 Å². The van der Waals surface area contributed by atoms with Gasteiger partial charge < -0.3 is 19.9 Å². The van der Waals surface area contributed by atoms with Crippen LogP contribution in [0.15, 0.2) is 47.8 Å². The first-order chi connectivity index (χ1) is 15.2. The Balaban J connectivity index is 1.47. The minimum absolute atomic E-state index is 0.474. The van der Waals surface area contributed by atoms with Crippen molar-refractivity contribution in [1.29, 1.82) is 0 Å². The molecule has 31 heavy (non-hydrogen) atoms. The van der Waals surface area contributed by atoms with Crippen LogP contribution in [0, 0.1) is 0 Å². The first-order valence-corrected chi connectivity index (χ1v) is 10.4. The maximum absolute atomic E-state index is 5.24. The Hall–Kier alpha value is -3.46. The van der Waals surface area contributed by atoms with Gasteiger partial charge in [-0.25, -0.2) is 4.98 Å². The average molecular weight is 421 g/mol. The van der Waals surface area contributed by atoms with Crippen LogP contribution in [0.2, 0.25) is 0 Å². The van der Waals surface area contributed by atoms with Gasteiger partial charge in [0.1, 0.15) is 11.4 Å². The van der Waals surface area contributed by atoms with Crippen molar-refractivity contribution in [2.75, 3.05) is 44.0 Å². The van der Waals surface area contributed by atoms with E-state index in [4.69, 9.17) is 4.74 Å². The number of anilines is 4. The summed E-state index contributed by atoms with van der Waals surface area (Å²) in [5.41, 5.74) is 2.40. The Kier molecular flexibility index (Phi) is 6.42. The third kappa shape index (κ3) is 5.00. The molecule has 9 nitrogen and oxygen atoms in total. The van der Waals surface area contributed by atoms with E-state index >= 15 is 0 Å². The van der Waals surface area contributed by atoms with Crippen LogP contribution < -0.4 is 15.0 Å². The SMILES string of the molecule is C=Nc1cnc(Nc2cnn(CCN3CCCC3)c2)nc1N(C)c1ccc(OC)cc1. The van der Waals surface area contributed by atoms with Gasteiger partial charge in [0.05, 0.1) is 31.7 Å². The van der Waals surface area contributed by atoms with Crippen LogP contribution in [-0.2, 0) is 6.54 Å². The third-order valence-corrected chi connectivity index (χ3v) is 5.43. The number of nitrogens with zero attached hydrogens (tertiary/aromatic N) is 7. The number of likely N-dealkylation sites (tertiary alicyclic amines) is 1. The minimum atomic E-state index is 0.474. The standard InChI is InChI=1S/C22H28N8O/c1-23-20-15-24-22(27-21(20)28(2)18-6-8-19(31-3)9-7-18)26-17-14-25-30(16-17)13-12-29-10-4-5-11-29/h6-9,14-16H,1,4-5,10-13H2,2-3H3,(H,24,26,27). The number of ether oxygens (including phenoxy) is 1. The summed E-state index contributed by atoms with van der Waals surface area (Å²) in [6, 6.07) is 7.74. The summed E-state index contributed by atoms with van der Waals surface area (Å²) >= 11 is 0. The van der Waals surface area contributed by atoms with Gasteiger partial charge in [0.2, 0.25) is 5.95 Å². The van der Waals surface area contributed by atoms with Crippen molar-refractivity contribution >= 4 is 35.5 Å². The monoisotopic (exact) mass is 420 g/mol. The molecular weight excluding hydrogens is 392 g/mol. The summed E-state index contributed by atoms with van der Waals surface area (Å²) in [5, 5.41) is 7.69. The van der Waals surface area contributed by atoms with Gasteiger partial charge >= 0.3 is 0 Å². The highest BCUT2D eigenvalue weighted by Crippen LogP contribution is 2.32. The molecule has 3 aromatic rings. The summed E-state index contributed by atoms with van der Waals surface area (Å²) < 4.78 is 7.19. The lowest BCUT2D eigenvalue weighted by Crippen LogP contribution is -2.24. The zero-order valence-electron chi connectivity index (χ0n) is 18.0. The molecule has 2 aromatic heterocycles. The number of aliphatic imine (C=N–C) groups is 1. The first-order valence-electron chi connectivity index (χ1n) is 10.4. The number of hydrogen-bond acceptors (Lipinski definition) is 8. The fourth-order valence-electron chi connectivity index (χ4n) is 3.64. The van der Waals surface area contributed by atoms with Gasteiger partial charge in [-0.1, -0.05) is 0 Å². The van der Waals surface area contributed by atoms with Crippen molar-refractivity contribution in [3.63, 3.8) is 0 Å². The molecule has 1 aromatic carbocycles. The van der Waals surface area contributed by atoms with Gasteiger partial charge in [0.15, 0.2) is 5.82 Å². The predicted molar refractivity (Wildman–Crippen MR) is 123 cm³/mol. The summed E-state index contributed by atoms with van der Waals surface area (Å²) in [4.78, 5) is 17.5. The summed E-state index contributed by atoms with van der Waals surface area (Å²) in [6.07, 6.45) is 8.03. The molecule has 1 aliphatic rings. The van der Waals surface area contributed by atoms with E-state index in [1.54, 1.807) is 19.5 Å². The first kappa shape index (κ1) is 20.8. The predicted octanol–water partition coefficient (Wildman–Crippen LogP) is 3.62. The maximum atomic E-state index is 5.24. The Labute approximate surface area is 182 Å². The fourth-order valence-corrected chi connectivity index (χ4v) is 3.64. The zero-order valence-corrected chi connectivity index (χ0v) is 18.0. The number of hydrogen-bond donors (Lipinski definition) is 1. The van der Waals surface area contributed by atoms with Crippen LogP contribution in [0.3, 0.4) is 0 Å². The molecule has 0 atom stereocenters. The van der Waals surface area contributed by atoms with E-state index in [1.807, 2.05) is 47.1 Å². The van der Waals surface area contributed by atoms with Gasteiger partial charge in [0.25, 0.3) is 0 Å². The molecule has 3 heterocycles. The van der Waals surface area contributed by atoms with Crippen LogP contribution in [-0.4, -0.2) is 65.2 Å². The van der Waals surface area contributed by atoms with Gasteiger partial charge in [0, 0.05) is 25.5 Å². The maximum Gasteiger partial charge on any atom is 0.229 e. The Morgan fingerprint density at radius 2 is 1.94 bits per heavy atom. The van der Waals surface area contributed by atoms with Gasteiger partial charge in [-0.05, 0) is 56.9 Å². The Morgan fingerprint density at radius 1 is 1.16 bits per heavy atom. The highest BCUT2D eigenvalue weighted by molar-refractivity contribution is 5.72. The second-order valence-corrected chi connectivity index (χ2v) is 7.48. The minimum Gasteiger partial charge on any atom is -0.497 e. The number of aromatic nitrogens is 4. The molecule has 0 saturated carbocycles. The number of nitrogens with one attached hydrogen (secondary N) is 1. The number of benzene rings is 1. The van der Waals surface area contributed by atoms with Crippen molar-refractivity contribution in [2.45, 2.75) is 19.4 Å². The molecular formula is C22H28N8O. The fraction of sp³-hybridized carbons (Fsp3) is 0.364. The van der Waals surface area contributed by atoms with E-state index in [-0.39, 0.29) is 0 Å². The normalized spacial score (nSPS) is 13.9. The summed E-state index contributed by atoms with van der Waals surface area (Å²) in [6.45, 7) is 7.92. The van der Waals surface area contributed by atoms with E-state index in [9.17, 15) is 0 Å². The zero-order chi connectivity index (χ0) is 21.6. The summed E-state index contributed by atoms with van der Waals surface area (Å²) in [5.74, 6) is 1.92. The second-order valence-electron chi connectivity index (χ2n) is 7.48. The van der Waals surface area contributed by atoms with Crippen molar-refractivity contribution in [3.8, 4) is 5.75 Å². The van der Waals surface area contributed by atoms with Crippen LogP contribution in [0.4, 0.5) is 28.8 Å². The Morgan fingerprint density at radius 3 is 2.65 bits per heavy atom. The van der Waals surface area contributed by atoms with Crippen molar-refractivity contribution in [2.24, 2.45) is 4.99 Å². The van der Waals surface area contributed by atoms with Crippen LogP contribution in [0.1, 0.15) is 12.8 Å². The molecule has 162 valence electrons. The van der Waals surface area contributed by atoms with Gasteiger partial charge in [-0.2, -0.15) is 10.1 Å². The molecule has 0 amide bonds. The van der Waals surface area contributed by atoms with Crippen LogP contribution in [0.5, 0.6) is 5.75 Å². The van der Waals surface area contributed by atoms with Gasteiger partial charge in [-0.3, -0.25) is 9.67 Å². The number of methoxy groups -OCH3 is 1. The lowest BCUT2D eigenvalue weighted by atomic mass is 10.2. The Bertz CT molecular complexity index is 1010. The third-order valence-electron chi connectivity index (χ3n) is 5.43. The van der Waals surface area contributed by atoms with E-state index in [0.717, 1.165) is 30.2 Å². The lowest BCUT2D eigenvalue weighted by molar-refractivity contribution is 0.316. The molecule has 0 unspecified atom stereocenters. The molecule has 1 saturated heterocycles. The van der Waals surface area contributed by atoms with Crippen molar-refractivity contribution in [1.82, 2.24) is 24.6 Å². The van der Waals surface area contributed by atoms with E-state index in [1.165, 1.54) is 25.9 Å². The topological polar surface area (TPSA) is 83.7 Å². The average Bonchev–Trinajstić information content (AvgIpc) is 3.49. The van der Waals surface area contributed by atoms with Crippen LogP contribution in [0.25, 0.3) is 0 Å². The largest absolute Gasteiger partial charge is 0.497 e. The summed E-state index contributed by atoms with van der Waals surface area (Å²) in [7, 11) is 3.58. The van der Waals surface area contributed by atoms with E-state index in [2.05, 4.69) is 37.0 Å². The molecule has 9 heteroatoms. The molecule has 0 spiro atoms. The van der Waals surface area contributed by atoms with E-state index in [0.29, 0.717) is 17.5 Å². The van der Waals surface area contributed by atoms with Crippen molar-refractivity contribution in [3.05, 3.63) is 42.9 Å². The van der Waals surface area contributed by atoms with Crippen LogP contribution >= 0.6 is 0 Å². The molecule has 1 aliphatic heterocycles. The number of rotatable bonds is 9. The molecule has 1 fully saturated rings. The van der Waals surface area contributed by atoms with E-state index < -0.39 is 0 Å².